The fourth-order valence-corrected chi connectivity index (χ4v) is 2.69. The molecule has 0 aromatic heterocycles. The number of methoxy groups -OCH3 is 1. The number of halogens is 1. The zero-order valence-electron chi connectivity index (χ0n) is 12.6. The number of hydrogen-bond donors (Lipinski definition) is 0. The maximum atomic E-state index is 12.2. The Balaban J connectivity index is 2.06. The molecule has 0 spiro atoms. The van der Waals surface area contributed by atoms with Gasteiger partial charge in [0.1, 0.15) is 17.4 Å². The van der Waals surface area contributed by atoms with Gasteiger partial charge in [0.2, 0.25) is 0 Å². The number of rotatable bonds is 3. The van der Waals surface area contributed by atoms with Gasteiger partial charge in [0.05, 0.1) is 7.11 Å². The highest BCUT2D eigenvalue weighted by atomic mass is 35.5. The molecular formula is C19H15ClO3. The van der Waals surface area contributed by atoms with Crippen LogP contribution in [0.2, 0.25) is 5.02 Å². The molecule has 2 aromatic rings. The quantitative estimate of drug-likeness (QED) is 0.776. The van der Waals surface area contributed by atoms with Crippen molar-refractivity contribution in [2.24, 2.45) is 0 Å². The molecule has 0 aliphatic carbocycles. The van der Waals surface area contributed by atoms with E-state index in [1.54, 1.807) is 24.3 Å². The van der Waals surface area contributed by atoms with Gasteiger partial charge in [-0.2, -0.15) is 0 Å². The first-order chi connectivity index (χ1) is 11.1. The van der Waals surface area contributed by atoms with E-state index in [-0.39, 0.29) is 0 Å². The van der Waals surface area contributed by atoms with Gasteiger partial charge in [-0.3, -0.25) is 0 Å². The van der Waals surface area contributed by atoms with Gasteiger partial charge < -0.3 is 9.47 Å². The zero-order chi connectivity index (χ0) is 16.4. The number of carbonyl (C=O) groups excluding carboxylic acids is 1. The van der Waals surface area contributed by atoms with E-state index in [0.717, 1.165) is 11.1 Å². The first-order valence-corrected chi connectivity index (χ1v) is 7.49. The van der Waals surface area contributed by atoms with Crippen molar-refractivity contribution in [2.75, 3.05) is 7.11 Å². The number of hydrogen-bond acceptors (Lipinski definition) is 3. The van der Waals surface area contributed by atoms with Gasteiger partial charge >= 0.3 is 5.97 Å². The van der Waals surface area contributed by atoms with Crippen LogP contribution >= 0.6 is 11.6 Å². The van der Waals surface area contributed by atoms with E-state index < -0.39 is 12.1 Å². The second-order valence-corrected chi connectivity index (χ2v) is 5.57. The van der Waals surface area contributed by atoms with Crippen molar-refractivity contribution < 1.29 is 14.3 Å². The predicted molar refractivity (Wildman–Crippen MR) is 89.8 cm³/mol. The number of esters is 1. The second kappa shape index (κ2) is 6.31. The fourth-order valence-electron chi connectivity index (χ4n) is 2.56. The van der Waals surface area contributed by atoms with Crippen LogP contribution in [0.1, 0.15) is 17.2 Å². The summed E-state index contributed by atoms with van der Waals surface area (Å²) in [6.45, 7) is 4.05. The lowest BCUT2D eigenvalue weighted by Gasteiger charge is -2.14. The number of benzene rings is 2. The molecule has 4 heteroatoms. The summed E-state index contributed by atoms with van der Waals surface area (Å²) in [7, 11) is 1.35. The standard InChI is InChI=1S/C19H15ClO3/c1-12-16(19(21)22-2)18(14-8-10-15(20)11-9-14)23-17(12)13-6-4-3-5-7-13/h3-11,17H,1H2,2H3/t17-/m0/s1. The van der Waals surface area contributed by atoms with Gasteiger partial charge in [-0.05, 0) is 29.8 Å². The van der Waals surface area contributed by atoms with Crippen molar-refractivity contribution >= 4 is 23.3 Å². The Morgan fingerprint density at radius 3 is 2.39 bits per heavy atom. The first-order valence-electron chi connectivity index (χ1n) is 7.11. The minimum absolute atomic E-state index is 0.365. The maximum Gasteiger partial charge on any atom is 0.342 e. The number of carbonyl (C=O) groups is 1. The molecule has 3 nitrogen and oxygen atoms in total. The van der Waals surface area contributed by atoms with E-state index >= 15 is 0 Å². The lowest BCUT2D eigenvalue weighted by Crippen LogP contribution is -2.07. The normalized spacial score (nSPS) is 17.1. The molecular weight excluding hydrogens is 312 g/mol. The van der Waals surface area contributed by atoms with E-state index in [1.807, 2.05) is 30.3 Å². The monoisotopic (exact) mass is 326 g/mol. The van der Waals surface area contributed by atoms with Gasteiger partial charge in [0.15, 0.2) is 0 Å². The first kappa shape index (κ1) is 15.4. The molecule has 3 rings (SSSR count). The summed E-state index contributed by atoms with van der Waals surface area (Å²) in [5.74, 6) is 0.00532. The molecule has 0 fully saturated rings. The van der Waals surface area contributed by atoms with Crippen LogP contribution in [-0.4, -0.2) is 13.1 Å². The third-order valence-electron chi connectivity index (χ3n) is 3.70. The van der Waals surface area contributed by atoms with Gasteiger partial charge in [0, 0.05) is 16.2 Å². The maximum absolute atomic E-state index is 12.2. The molecule has 1 heterocycles. The van der Waals surface area contributed by atoms with E-state index in [9.17, 15) is 4.79 Å². The topological polar surface area (TPSA) is 35.5 Å². The van der Waals surface area contributed by atoms with Crippen LogP contribution in [0, 0.1) is 0 Å². The largest absolute Gasteiger partial charge is 0.479 e. The van der Waals surface area contributed by atoms with Crippen LogP contribution in [0.3, 0.4) is 0 Å². The van der Waals surface area contributed by atoms with Crippen molar-refractivity contribution in [1.29, 1.82) is 0 Å². The Hall–Kier alpha value is -2.52. The van der Waals surface area contributed by atoms with Gasteiger partial charge in [-0.1, -0.05) is 48.5 Å². The second-order valence-electron chi connectivity index (χ2n) is 5.14. The van der Waals surface area contributed by atoms with E-state index in [0.29, 0.717) is 21.9 Å². The summed E-state index contributed by atoms with van der Waals surface area (Å²) >= 11 is 5.93. The highest BCUT2D eigenvalue weighted by molar-refractivity contribution is 6.30. The minimum atomic E-state index is -0.460. The Morgan fingerprint density at radius 2 is 1.78 bits per heavy atom. The van der Waals surface area contributed by atoms with Crippen molar-refractivity contribution in [2.45, 2.75) is 6.10 Å². The Kier molecular flexibility index (Phi) is 4.22. The molecule has 0 bridgehead atoms. The van der Waals surface area contributed by atoms with E-state index in [4.69, 9.17) is 21.1 Å². The van der Waals surface area contributed by atoms with Crippen molar-refractivity contribution in [3.8, 4) is 0 Å². The lowest BCUT2D eigenvalue weighted by molar-refractivity contribution is -0.135. The average molecular weight is 327 g/mol. The van der Waals surface area contributed by atoms with Crippen LogP contribution in [-0.2, 0) is 14.3 Å². The van der Waals surface area contributed by atoms with Crippen LogP contribution in [0.25, 0.3) is 5.76 Å². The van der Waals surface area contributed by atoms with E-state index in [2.05, 4.69) is 6.58 Å². The van der Waals surface area contributed by atoms with Crippen LogP contribution in [0.5, 0.6) is 0 Å². The fraction of sp³-hybridized carbons (Fsp3) is 0.105. The Morgan fingerprint density at radius 1 is 1.13 bits per heavy atom. The van der Waals surface area contributed by atoms with Crippen LogP contribution in [0.15, 0.2) is 72.3 Å². The van der Waals surface area contributed by atoms with Gasteiger partial charge in [-0.15, -0.1) is 0 Å². The molecule has 116 valence electrons. The van der Waals surface area contributed by atoms with Gasteiger partial charge in [0.25, 0.3) is 0 Å². The summed E-state index contributed by atoms with van der Waals surface area (Å²) in [4.78, 5) is 12.2. The van der Waals surface area contributed by atoms with Crippen molar-refractivity contribution in [3.05, 3.63) is 88.5 Å². The SMILES string of the molecule is C=C1C(C(=O)OC)=C(c2ccc(Cl)cc2)O[C@@H]1c1ccccc1. The molecule has 23 heavy (non-hydrogen) atoms. The molecule has 0 N–H and O–H groups in total. The molecule has 0 unspecified atom stereocenters. The lowest BCUT2D eigenvalue weighted by atomic mass is 9.97. The highest BCUT2D eigenvalue weighted by Gasteiger charge is 2.36. The predicted octanol–water partition coefficient (Wildman–Crippen LogP) is 4.55. The molecule has 0 saturated carbocycles. The number of ether oxygens (including phenoxy) is 2. The average Bonchev–Trinajstić information content (AvgIpc) is 2.93. The minimum Gasteiger partial charge on any atom is -0.479 e. The molecule has 0 amide bonds. The van der Waals surface area contributed by atoms with Crippen LogP contribution < -0.4 is 0 Å². The Labute approximate surface area is 139 Å². The molecule has 1 aliphatic rings. The summed E-state index contributed by atoms with van der Waals surface area (Å²) in [5.41, 5.74) is 2.65. The highest BCUT2D eigenvalue weighted by Crippen LogP contribution is 2.44. The van der Waals surface area contributed by atoms with Crippen molar-refractivity contribution in [3.63, 3.8) is 0 Å². The van der Waals surface area contributed by atoms with Gasteiger partial charge in [-0.25, -0.2) is 4.79 Å². The molecule has 1 atom stereocenters. The van der Waals surface area contributed by atoms with Crippen LogP contribution in [0.4, 0.5) is 0 Å². The third-order valence-corrected chi connectivity index (χ3v) is 3.95. The van der Waals surface area contributed by atoms with Crippen molar-refractivity contribution in [1.82, 2.24) is 0 Å². The van der Waals surface area contributed by atoms with E-state index in [1.165, 1.54) is 7.11 Å². The molecule has 1 aliphatic heterocycles. The molecule has 0 radical (unpaired) electrons. The molecule has 2 aromatic carbocycles. The summed E-state index contributed by atoms with van der Waals surface area (Å²) in [6, 6.07) is 16.8. The summed E-state index contributed by atoms with van der Waals surface area (Å²) in [5, 5.41) is 0.616. The smallest absolute Gasteiger partial charge is 0.342 e. The third kappa shape index (κ3) is 2.88. The summed E-state index contributed by atoms with van der Waals surface area (Å²) in [6.07, 6.45) is -0.407. The zero-order valence-corrected chi connectivity index (χ0v) is 13.3. The molecule has 0 saturated heterocycles. The summed E-state index contributed by atoms with van der Waals surface area (Å²) < 4.78 is 11.0. The Bertz CT molecular complexity index is 776.